The van der Waals surface area contributed by atoms with Gasteiger partial charge in [0.05, 0.1) is 0 Å². The molecule has 3 N–H and O–H groups in total. The number of H-pyrrole nitrogens is 1. The topological polar surface area (TPSA) is 99.2 Å². The van der Waals surface area contributed by atoms with Gasteiger partial charge in [-0.1, -0.05) is 38.1 Å². The van der Waals surface area contributed by atoms with Crippen molar-refractivity contribution in [3.05, 3.63) is 70.3 Å². The zero-order valence-corrected chi connectivity index (χ0v) is 20.3. The van der Waals surface area contributed by atoms with E-state index in [1.807, 2.05) is 53.8 Å². The number of hydrogen-bond donors (Lipinski definition) is 3. The van der Waals surface area contributed by atoms with Gasteiger partial charge in [0.15, 0.2) is 0 Å². The van der Waals surface area contributed by atoms with Crippen molar-refractivity contribution in [3.8, 4) is 0 Å². The number of aromatic nitrogens is 2. The van der Waals surface area contributed by atoms with E-state index in [0.29, 0.717) is 32.6 Å². The fraction of sp³-hybridized carbons (Fsp3) is 0.444. The lowest BCUT2D eigenvalue weighted by Gasteiger charge is -2.43. The molecule has 2 bridgehead atoms. The molecule has 3 amide bonds. The Hall–Kier alpha value is -3.55. The number of benzene rings is 1. The highest BCUT2D eigenvalue weighted by Crippen LogP contribution is 2.34. The summed E-state index contributed by atoms with van der Waals surface area (Å²) in [7, 11) is 0. The molecule has 8 nitrogen and oxygen atoms in total. The Morgan fingerprint density at radius 2 is 1.91 bits per heavy atom. The van der Waals surface area contributed by atoms with Crippen LogP contribution in [0.5, 0.6) is 0 Å². The first-order chi connectivity index (χ1) is 16.9. The minimum atomic E-state index is -0.609. The molecule has 1 aromatic carbocycles. The van der Waals surface area contributed by atoms with Crippen LogP contribution in [-0.2, 0) is 17.8 Å². The fourth-order valence-corrected chi connectivity index (χ4v) is 5.59. The van der Waals surface area contributed by atoms with Crippen LogP contribution in [0.1, 0.15) is 37.4 Å². The smallest absolute Gasteiger partial charge is 0.318 e. The van der Waals surface area contributed by atoms with E-state index in [4.69, 9.17) is 0 Å². The number of carbonyl (C=O) groups is 2. The maximum absolute atomic E-state index is 13.2. The molecule has 35 heavy (non-hydrogen) atoms. The lowest BCUT2D eigenvalue weighted by Crippen LogP contribution is -2.57. The third-order valence-electron chi connectivity index (χ3n) is 7.36. The number of urea groups is 1. The number of nitrogens with zero attached hydrogens (tertiary/aromatic N) is 2. The quantitative estimate of drug-likeness (QED) is 0.511. The number of piperidine rings is 1. The van der Waals surface area contributed by atoms with E-state index in [1.165, 1.54) is 0 Å². The number of amides is 3. The summed E-state index contributed by atoms with van der Waals surface area (Å²) in [6.45, 7) is 6.17. The van der Waals surface area contributed by atoms with Gasteiger partial charge in [0, 0.05) is 61.0 Å². The largest absolute Gasteiger partial charge is 0.361 e. The van der Waals surface area contributed by atoms with Crippen LogP contribution in [0.2, 0.25) is 0 Å². The van der Waals surface area contributed by atoms with Crippen LogP contribution >= 0.6 is 0 Å². The maximum atomic E-state index is 13.2. The van der Waals surface area contributed by atoms with Gasteiger partial charge in [-0.2, -0.15) is 0 Å². The standard InChI is InChI=1S/C27H33N5O3/c1-17(2)25(26(34)28-11-10-19-13-29-22-7-4-3-6-21(19)22)30-27(35)31-14-18-12-20(16-31)23-8-5-9-24(33)32(23)15-18/h3-9,13,17-18,20,25,29H,10-12,14-16H2,1-2H3,(H,28,34)(H,30,35)/t18?,20?,25-/m0/s1. The number of likely N-dealkylation sites (tertiary alicyclic amines) is 1. The number of fused-ring (bicyclic) bond motifs is 5. The van der Waals surface area contributed by atoms with Crippen LogP contribution in [0.25, 0.3) is 10.9 Å². The molecule has 2 aromatic heterocycles. The van der Waals surface area contributed by atoms with Gasteiger partial charge in [-0.05, 0) is 42.4 Å². The van der Waals surface area contributed by atoms with Gasteiger partial charge in [0.2, 0.25) is 5.91 Å². The van der Waals surface area contributed by atoms with Gasteiger partial charge in [0.1, 0.15) is 6.04 Å². The van der Waals surface area contributed by atoms with Crippen molar-refractivity contribution in [2.24, 2.45) is 11.8 Å². The predicted octanol–water partition coefficient (Wildman–Crippen LogP) is 2.84. The van der Waals surface area contributed by atoms with Gasteiger partial charge in [-0.25, -0.2) is 4.79 Å². The number of pyridine rings is 1. The average molecular weight is 476 g/mol. The van der Waals surface area contributed by atoms with Crippen molar-refractivity contribution in [1.82, 2.24) is 25.1 Å². The molecule has 0 aliphatic carbocycles. The molecule has 1 saturated heterocycles. The third kappa shape index (κ3) is 4.70. The van der Waals surface area contributed by atoms with Gasteiger partial charge in [-0.3, -0.25) is 9.59 Å². The second-order valence-electron chi connectivity index (χ2n) is 10.2. The van der Waals surface area contributed by atoms with Crippen molar-refractivity contribution >= 4 is 22.8 Å². The second-order valence-corrected chi connectivity index (χ2v) is 10.2. The van der Waals surface area contributed by atoms with Crippen molar-refractivity contribution in [1.29, 1.82) is 0 Å². The monoisotopic (exact) mass is 475 g/mol. The Morgan fingerprint density at radius 1 is 1.09 bits per heavy atom. The lowest BCUT2D eigenvalue weighted by atomic mass is 9.83. The molecular formula is C27H33N5O3. The van der Waals surface area contributed by atoms with Crippen molar-refractivity contribution in [2.45, 2.75) is 45.2 Å². The molecule has 0 spiro atoms. The highest BCUT2D eigenvalue weighted by Gasteiger charge is 2.37. The summed E-state index contributed by atoms with van der Waals surface area (Å²) < 4.78 is 1.85. The van der Waals surface area contributed by atoms with Crippen LogP contribution in [0.3, 0.4) is 0 Å². The van der Waals surface area contributed by atoms with Gasteiger partial charge < -0.3 is 25.1 Å². The van der Waals surface area contributed by atoms with Crippen molar-refractivity contribution in [3.63, 3.8) is 0 Å². The summed E-state index contributed by atoms with van der Waals surface area (Å²) in [6.07, 6.45) is 3.68. The number of para-hydroxylation sites is 1. The van der Waals surface area contributed by atoms with E-state index in [0.717, 1.165) is 28.6 Å². The van der Waals surface area contributed by atoms with Gasteiger partial charge >= 0.3 is 6.03 Å². The SMILES string of the molecule is CC(C)[C@H](NC(=O)N1CC2CC(C1)c1cccc(=O)n1C2)C(=O)NCCc1c[nH]c2ccccc12. The Bertz CT molecular complexity index is 1290. The van der Waals surface area contributed by atoms with Crippen LogP contribution in [0.15, 0.2) is 53.5 Å². The number of aromatic amines is 1. The summed E-state index contributed by atoms with van der Waals surface area (Å²) in [4.78, 5) is 43.5. The van der Waals surface area contributed by atoms with Crippen molar-refractivity contribution < 1.29 is 9.59 Å². The van der Waals surface area contributed by atoms with E-state index in [9.17, 15) is 14.4 Å². The normalized spacial score (nSPS) is 19.9. The van der Waals surface area contributed by atoms with E-state index >= 15 is 0 Å². The average Bonchev–Trinajstić information content (AvgIpc) is 3.26. The minimum absolute atomic E-state index is 0.0271. The molecule has 0 saturated carbocycles. The Morgan fingerprint density at radius 3 is 2.74 bits per heavy atom. The molecule has 1 fully saturated rings. The summed E-state index contributed by atoms with van der Waals surface area (Å²) >= 11 is 0. The van der Waals surface area contributed by atoms with Crippen LogP contribution < -0.4 is 16.2 Å². The highest BCUT2D eigenvalue weighted by atomic mass is 16.2. The second kappa shape index (κ2) is 9.60. The highest BCUT2D eigenvalue weighted by molar-refractivity contribution is 5.87. The molecule has 5 rings (SSSR count). The van der Waals surface area contributed by atoms with E-state index in [2.05, 4.69) is 21.7 Å². The molecule has 4 heterocycles. The first kappa shape index (κ1) is 23.2. The fourth-order valence-electron chi connectivity index (χ4n) is 5.59. The first-order valence-corrected chi connectivity index (χ1v) is 12.5. The number of carbonyl (C=O) groups excluding carboxylic acids is 2. The molecule has 0 radical (unpaired) electrons. The van der Waals surface area contributed by atoms with E-state index in [-0.39, 0.29) is 35.3 Å². The number of hydrogen-bond acceptors (Lipinski definition) is 3. The number of nitrogens with one attached hydrogen (secondary N) is 3. The minimum Gasteiger partial charge on any atom is -0.361 e. The Balaban J connectivity index is 1.19. The maximum Gasteiger partial charge on any atom is 0.318 e. The van der Waals surface area contributed by atoms with Crippen LogP contribution in [-0.4, -0.2) is 52.1 Å². The predicted molar refractivity (Wildman–Crippen MR) is 135 cm³/mol. The zero-order valence-electron chi connectivity index (χ0n) is 20.3. The summed E-state index contributed by atoms with van der Waals surface area (Å²) in [5.41, 5.74) is 3.27. The zero-order chi connectivity index (χ0) is 24.5. The molecule has 184 valence electrons. The van der Waals surface area contributed by atoms with E-state index < -0.39 is 6.04 Å². The molecule has 3 aromatic rings. The summed E-state index contributed by atoms with van der Waals surface area (Å²) in [5.74, 6) is 0.178. The number of rotatable bonds is 6. The summed E-state index contributed by atoms with van der Waals surface area (Å²) in [5, 5.41) is 7.16. The molecular weight excluding hydrogens is 442 g/mol. The first-order valence-electron chi connectivity index (χ1n) is 12.5. The van der Waals surface area contributed by atoms with Crippen LogP contribution in [0.4, 0.5) is 4.79 Å². The molecule has 3 atom stereocenters. The third-order valence-corrected chi connectivity index (χ3v) is 7.36. The van der Waals surface area contributed by atoms with Crippen LogP contribution in [0, 0.1) is 11.8 Å². The molecule has 2 aliphatic rings. The Kier molecular flexibility index (Phi) is 6.36. The molecule has 2 unspecified atom stereocenters. The van der Waals surface area contributed by atoms with Crippen molar-refractivity contribution in [2.75, 3.05) is 19.6 Å². The van der Waals surface area contributed by atoms with Gasteiger partial charge in [-0.15, -0.1) is 0 Å². The Labute approximate surface area is 204 Å². The molecule has 8 heteroatoms. The summed E-state index contributed by atoms with van der Waals surface area (Å²) in [6, 6.07) is 12.7. The van der Waals surface area contributed by atoms with E-state index in [1.54, 1.807) is 12.1 Å². The lowest BCUT2D eigenvalue weighted by molar-refractivity contribution is -0.123. The molecule has 2 aliphatic heterocycles. The van der Waals surface area contributed by atoms with Gasteiger partial charge in [0.25, 0.3) is 5.56 Å².